The first kappa shape index (κ1) is 13.1. The first-order chi connectivity index (χ1) is 9.24. The first-order valence-electron chi connectivity index (χ1n) is 7.80. The van der Waals surface area contributed by atoms with Crippen LogP contribution in [0.15, 0.2) is 30.3 Å². The van der Waals surface area contributed by atoms with Crippen LogP contribution in [-0.4, -0.2) is 29.6 Å². The van der Waals surface area contributed by atoms with E-state index >= 15 is 0 Å². The van der Waals surface area contributed by atoms with Gasteiger partial charge in [0.05, 0.1) is 0 Å². The molecule has 0 radical (unpaired) electrons. The van der Waals surface area contributed by atoms with Crippen LogP contribution in [0, 0.1) is 0 Å². The van der Waals surface area contributed by atoms with Gasteiger partial charge in [-0.1, -0.05) is 37.3 Å². The number of nitrogens with two attached hydrogens (primary N) is 1. The van der Waals surface area contributed by atoms with Crippen molar-refractivity contribution in [3.8, 4) is 0 Å². The van der Waals surface area contributed by atoms with Gasteiger partial charge in [-0.25, -0.2) is 0 Å². The molecule has 2 heterocycles. The molecule has 0 aliphatic carbocycles. The van der Waals surface area contributed by atoms with E-state index in [4.69, 9.17) is 5.73 Å². The zero-order chi connectivity index (χ0) is 13.2. The van der Waals surface area contributed by atoms with Crippen LogP contribution >= 0.6 is 0 Å². The van der Waals surface area contributed by atoms with Gasteiger partial charge in [0.15, 0.2) is 0 Å². The Hall–Kier alpha value is -0.860. The second-order valence-corrected chi connectivity index (χ2v) is 6.45. The van der Waals surface area contributed by atoms with Crippen LogP contribution in [0.25, 0.3) is 0 Å². The van der Waals surface area contributed by atoms with Crippen LogP contribution in [0.2, 0.25) is 0 Å². The van der Waals surface area contributed by atoms with E-state index in [0.717, 1.165) is 12.1 Å². The molecule has 0 spiro atoms. The molecule has 2 saturated heterocycles. The molecular weight excluding hydrogens is 232 g/mol. The molecule has 19 heavy (non-hydrogen) atoms. The fourth-order valence-corrected chi connectivity index (χ4v) is 3.97. The van der Waals surface area contributed by atoms with Crippen molar-refractivity contribution in [3.63, 3.8) is 0 Å². The summed E-state index contributed by atoms with van der Waals surface area (Å²) in [6, 6.07) is 12.9. The lowest BCUT2D eigenvalue weighted by atomic mass is 9.94. The molecule has 2 nitrogen and oxygen atoms in total. The molecule has 2 aliphatic rings. The minimum absolute atomic E-state index is 0.459. The molecule has 2 fully saturated rings. The number of hydrogen-bond donors (Lipinski definition) is 1. The van der Waals surface area contributed by atoms with Crippen LogP contribution in [0.4, 0.5) is 0 Å². The van der Waals surface area contributed by atoms with Gasteiger partial charge in [0.25, 0.3) is 0 Å². The molecule has 3 atom stereocenters. The van der Waals surface area contributed by atoms with Crippen molar-refractivity contribution >= 4 is 0 Å². The van der Waals surface area contributed by atoms with E-state index < -0.39 is 0 Å². The molecule has 2 heteroatoms. The Morgan fingerprint density at radius 3 is 2.42 bits per heavy atom. The fourth-order valence-electron chi connectivity index (χ4n) is 3.97. The van der Waals surface area contributed by atoms with E-state index in [1.807, 2.05) is 0 Å². The Bertz CT molecular complexity index is 389. The summed E-state index contributed by atoms with van der Waals surface area (Å²) < 4.78 is 0. The Balaban J connectivity index is 1.56. The van der Waals surface area contributed by atoms with Gasteiger partial charge in [-0.05, 0) is 50.1 Å². The molecule has 0 aromatic heterocycles. The quantitative estimate of drug-likeness (QED) is 0.899. The molecule has 2 aliphatic heterocycles. The van der Waals surface area contributed by atoms with Crippen molar-refractivity contribution in [2.75, 3.05) is 6.54 Å². The Morgan fingerprint density at radius 2 is 1.79 bits per heavy atom. The van der Waals surface area contributed by atoms with Crippen LogP contribution in [-0.2, 0) is 0 Å². The summed E-state index contributed by atoms with van der Waals surface area (Å²) in [5, 5.41) is 0. The van der Waals surface area contributed by atoms with Crippen molar-refractivity contribution in [2.45, 2.75) is 63.1 Å². The molecule has 3 rings (SSSR count). The molecule has 1 aromatic carbocycles. The molecular formula is C17H26N2. The molecule has 1 aromatic rings. The van der Waals surface area contributed by atoms with Gasteiger partial charge in [-0.2, -0.15) is 0 Å². The topological polar surface area (TPSA) is 29.3 Å². The fraction of sp³-hybridized carbons (Fsp3) is 0.647. The summed E-state index contributed by atoms with van der Waals surface area (Å²) in [5.41, 5.74) is 7.61. The van der Waals surface area contributed by atoms with E-state index in [1.165, 1.54) is 44.2 Å². The third-order valence-electron chi connectivity index (χ3n) is 5.11. The van der Waals surface area contributed by atoms with E-state index in [-0.39, 0.29) is 0 Å². The third kappa shape index (κ3) is 2.85. The number of piperidine rings is 1. The predicted octanol–water partition coefficient (Wildman–Crippen LogP) is 3.13. The van der Waals surface area contributed by atoms with Crippen LogP contribution in [0.3, 0.4) is 0 Å². The van der Waals surface area contributed by atoms with E-state index in [1.54, 1.807) is 0 Å². The maximum absolute atomic E-state index is 6.14. The van der Waals surface area contributed by atoms with Crippen molar-refractivity contribution in [3.05, 3.63) is 35.9 Å². The van der Waals surface area contributed by atoms with E-state index in [0.29, 0.717) is 12.0 Å². The second-order valence-electron chi connectivity index (χ2n) is 6.45. The Kier molecular flexibility index (Phi) is 3.90. The lowest BCUT2D eigenvalue weighted by Crippen LogP contribution is -2.47. The molecule has 104 valence electrons. The van der Waals surface area contributed by atoms with Gasteiger partial charge in [0, 0.05) is 18.1 Å². The van der Waals surface area contributed by atoms with Crippen molar-refractivity contribution < 1.29 is 0 Å². The smallest absolute Gasteiger partial charge is 0.0113 e. The van der Waals surface area contributed by atoms with Gasteiger partial charge < -0.3 is 5.73 Å². The summed E-state index contributed by atoms with van der Waals surface area (Å²) in [6.45, 7) is 3.60. The number of fused-ring (bicyclic) bond motifs is 2. The monoisotopic (exact) mass is 258 g/mol. The lowest BCUT2D eigenvalue weighted by Gasteiger charge is -2.38. The van der Waals surface area contributed by atoms with Crippen molar-refractivity contribution in [1.29, 1.82) is 0 Å². The molecule has 0 amide bonds. The highest BCUT2D eigenvalue weighted by Gasteiger charge is 2.39. The first-order valence-corrected chi connectivity index (χ1v) is 7.80. The highest BCUT2D eigenvalue weighted by molar-refractivity contribution is 5.18. The maximum Gasteiger partial charge on any atom is 0.0113 e. The average molecular weight is 258 g/mol. The lowest BCUT2D eigenvalue weighted by molar-refractivity contribution is 0.124. The Labute approximate surface area is 117 Å². The normalized spacial score (nSPS) is 32.4. The molecule has 2 bridgehead atoms. The summed E-state index contributed by atoms with van der Waals surface area (Å²) in [7, 11) is 0. The van der Waals surface area contributed by atoms with Gasteiger partial charge in [-0.3, -0.25) is 4.90 Å². The molecule has 0 saturated carbocycles. The SMILES string of the molecule is CC(CCN1C2CCC1CC(N)C2)c1ccccc1. The third-order valence-corrected chi connectivity index (χ3v) is 5.11. The zero-order valence-corrected chi connectivity index (χ0v) is 12.0. The predicted molar refractivity (Wildman–Crippen MR) is 80.2 cm³/mol. The van der Waals surface area contributed by atoms with Gasteiger partial charge in [-0.15, -0.1) is 0 Å². The van der Waals surface area contributed by atoms with Crippen molar-refractivity contribution in [1.82, 2.24) is 4.90 Å². The Morgan fingerprint density at radius 1 is 1.16 bits per heavy atom. The minimum Gasteiger partial charge on any atom is -0.328 e. The minimum atomic E-state index is 0.459. The zero-order valence-electron chi connectivity index (χ0n) is 12.0. The average Bonchev–Trinajstić information content (AvgIpc) is 2.67. The highest BCUT2D eigenvalue weighted by atomic mass is 15.2. The van der Waals surface area contributed by atoms with Crippen LogP contribution < -0.4 is 5.73 Å². The summed E-state index contributed by atoms with van der Waals surface area (Å²) in [5.74, 6) is 0.663. The summed E-state index contributed by atoms with van der Waals surface area (Å²) in [4.78, 5) is 2.75. The maximum atomic E-state index is 6.14. The molecule has 3 unspecified atom stereocenters. The number of hydrogen-bond acceptors (Lipinski definition) is 2. The number of benzene rings is 1. The van der Waals surface area contributed by atoms with E-state index in [2.05, 4.69) is 42.2 Å². The summed E-state index contributed by atoms with van der Waals surface area (Å²) in [6.07, 6.45) is 6.45. The van der Waals surface area contributed by atoms with Gasteiger partial charge in [0.2, 0.25) is 0 Å². The number of nitrogens with zero attached hydrogens (tertiary/aromatic N) is 1. The standard InChI is InChI=1S/C17H26N2/c1-13(14-5-3-2-4-6-14)9-10-19-16-7-8-17(19)12-15(18)11-16/h2-6,13,15-17H,7-12,18H2,1H3. The van der Waals surface area contributed by atoms with Crippen LogP contribution in [0.1, 0.15) is 50.5 Å². The van der Waals surface area contributed by atoms with Crippen molar-refractivity contribution in [2.24, 2.45) is 5.73 Å². The van der Waals surface area contributed by atoms with Gasteiger partial charge in [0.1, 0.15) is 0 Å². The number of rotatable bonds is 4. The van der Waals surface area contributed by atoms with Gasteiger partial charge >= 0.3 is 0 Å². The van der Waals surface area contributed by atoms with Crippen LogP contribution in [0.5, 0.6) is 0 Å². The summed E-state index contributed by atoms with van der Waals surface area (Å²) >= 11 is 0. The van der Waals surface area contributed by atoms with E-state index in [9.17, 15) is 0 Å². The second kappa shape index (κ2) is 5.64. The largest absolute Gasteiger partial charge is 0.328 e. The highest BCUT2D eigenvalue weighted by Crippen LogP contribution is 2.35. The molecule has 2 N–H and O–H groups in total.